The number of benzene rings is 1. The molecule has 0 spiro atoms. The van der Waals surface area contributed by atoms with E-state index in [1.165, 1.54) is 0 Å². The van der Waals surface area contributed by atoms with Gasteiger partial charge in [-0.1, -0.05) is 11.6 Å². The van der Waals surface area contributed by atoms with Gasteiger partial charge in [0.25, 0.3) is 0 Å². The van der Waals surface area contributed by atoms with E-state index in [1.807, 2.05) is 0 Å². The van der Waals surface area contributed by atoms with E-state index < -0.39 is 5.41 Å². The van der Waals surface area contributed by atoms with E-state index in [0.717, 1.165) is 4.47 Å². The summed E-state index contributed by atoms with van der Waals surface area (Å²) in [6, 6.07) is 5.29. The minimum Gasteiger partial charge on any atom is -0.381 e. The Hall–Kier alpha value is -0.620. The molecule has 1 aromatic rings. The van der Waals surface area contributed by atoms with Crippen LogP contribution in [0.4, 0.5) is 5.69 Å². The number of amides is 1. The number of hydrogen-bond donors (Lipinski definition) is 2. The zero-order valence-corrected chi connectivity index (χ0v) is 12.8. The van der Waals surface area contributed by atoms with Crippen LogP contribution in [-0.4, -0.2) is 25.7 Å². The van der Waals surface area contributed by atoms with Crippen molar-refractivity contribution in [1.29, 1.82) is 0 Å². The molecule has 3 N–H and O–H groups in total. The molecule has 6 heteroatoms. The predicted octanol–water partition coefficient (Wildman–Crippen LogP) is 2.80. The molecule has 0 aromatic heterocycles. The zero-order valence-electron chi connectivity index (χ0n) is 10.4. The molecule has 104 valence electrons. The predicted molar refractivity (Wildman–Crippen MR) is 79.3 cm³/mol. The topological polar surface area (TPSA) is 64.4 Å². The van der Waals surface area contributed by atoms with Crippen LogP contribution in [0.5, 0.6) is 0 Å². The van der Waals surface area contributed by atoms with Gasteiger partial charge in [-0.3, -0.25) is 4.79 Å². The van der Waals surface area contributed by atoms with E-state index in [4.69, 9.17) is 22.1 Å². The quantitative estimate of drug-likeness (QED) is 0.883. The molecule has 2 rings (SSSR count). The summed E-state index contributed by atoms with van der Waals surface area (Å²) in [6.45, 7) is 1.49. The third-order valence-corrected chi connectivity index (χ3v) is 4.71. The first-order valence-corrected chi connectivity index (χ1v) is 7.29. The summed E-state index contributed by atoms with van der Waals surface area (Å²) >= 11 is 9.26. The molecule has 1 amide bonds. The smallest absolute Gasteiger partial charge is 0.232 e. The molecule has 1 aliphatic heterocycles. The van der Waals surface area contributed by atoms with E-state index in [0.29, 0.717) is 43.3 Å². The average Bonchev–Trinajstić information content (AvgIpc) is 2.43. The van der Waals surface area contributed by atoms with Gasteiger partial charge < -0.3 is 15.8 Å². The summed E-state index contributed by atoms with van der Waals surface area (Å²) < 4.78 is 6.05. The Bertz CT molecular complexity index is 476. The van der Waals surface area contributed by atoms with Crippen molar-refractivity contribution >= 4 is 39.1 Å². The summed E-state index contributed by atoms with van der Waals surface area (Å²) in [4.78, 5) is 12.4. The number of carbonyl (C=O) groups excluding carboxylic acids is 1. The van der Waals surface area contributed by atoms with Crippen LogP contribution in [0.15, 0.2) is 22.7 Å². The molecule has 1 saturated heterocycles. The van der Waals surface area contributed by atoms with Crippen molar-refractivity contribution in [2.24, 2.45) is 11.1 Å². The van der Waals surface area contributed by atoms with E-state index >= 15 is 0 Å². The Kier molecular flexibility index (Phi) is 4.84. The molecule has 0 bridgehead atoms. The van der Waals surface area contributed by atoms with Crippen molar-refractivity contribution in [1.82, 2.24) is 0 Å². The lowest BCUT2D eigenvalue weighted by molar-refractivity contribution is -0.130. The van der Waals surface area contributed by atoms with Crippen LogP contribution in [0.2, 0.25) is 5.02 Å². The molecule has 0 saturated carbocycles. The fraction of sp³-hybridized carbons (Fsp3) is 0.462. The first-order chi connectivity index (χ1) is 9.07. The number of rotatable bonds is 3. The Labute approximate surface area is 125 Å². The monoisotopic (exact) mass is 346 g/mol. The van der Waals surface area contributed by atoms with Gasteiger partial charge in [-0.05, 0) is 47.0 Å². The molecule has 0 aliphatic carbocycles. The number of nitrogens with two attached hydrogens (primary N) is 1. The highest BCUT2D eigenvalue weighted by molar-refractivity contribution is 9.10. The van der Waals surface area contributed by atoms with Crippen LogP contribution in [0.1, 0.15) is 12.8 Å². The highest BCUT2D eigenvalue weighted by Gasteiger charge is 2.38. The Morgan fingerprint density at radius 3 is 2.74 bits per heavy atom. The van der Waals surface area contributed by atoms with Crippen LogP contribution >= 0.6 is 27.5 Å². The van der Waals surface area contributed by atoms with Crippen molar-refractivity contribution in [2.75, 3.05) is 25.1 Å². The number of hydrogen-bond acceptors (Lipinski definition) is 3. The number of carbonyl (C=O) groups is 1. The molecule has 1 fully saturated rings. The van der Waals surface area contributed by atoms with Crippen LogP contribution in [-0.2, 0) is 9.53 Å². The average molecular weight is 348 g/mol. The van der Waals surface area contributed by atoms with Gasteiger partial charge in [0.2, 0.25) is 5.91 Å². The molecule has 1 aromatic carbocycles. The number of ether oxygens (including phenoxy) is 1. The number of nitrogens with one attached hydrogen (secondary N) is 1. The van der Waals surface area contributed by atoms with E-state index in [9.17, 15) is 4.79 Å². The highest BCUT2D eigenvalue weighted by atomic mass is 79.9. The van der Waals surface area contributed by atoms with Crippen molar-refractivity contribution in [3.05, 3.63) is 27.7 Å². The SMILES string of the molecule is NCC1(C(=O)Nc2ccc(Cl)c(Br)c2)CCOCC1. The van der Waals surface area contributed by atoms with Gasteiger partial charge in [-0.2, -0.15) is 0 Å². The lowest BCUT2D eigenvalue weighted by atomic mass is 9.79. The molecule has 0 unspecified atom stereocenters. The van der Waals surface area contributed by atoms with Gasteiger partial charge in [0.05, 0.1) is 10.4 Å². The normalized spacial score (nSPS) is 18.1. The Balaban J connectivity index is 2.12. The Morgan fingerprint density at radius 2 is 2.16 bits per heavy atom. The minimum absolute atomic E-state index is 0.0486. The second kappa shape index (κ2) is 6.22. The maximum atomic E-state index is 12.4. The van der Waals surface area contributed by atoms with Gasteiger partial charge in [0.15, 0.2) is 0 Å². The van der Waals surface area contributed by atoms with Crippen LogP contribution in [0.3, 0.4) is 0 Å². The van der Waals surface area contributed by atoms with Crippen LogP contribution in [0, 0.1) is 5.41 Å². The maximum Gasteiger partial charge on any atom is 0.232 e. The summed E-state index contributed by atoms with van der Waals surface area (Å²) in [7, 11) is 0. The lowest BCUT2D eigenvalue weighted by Gasteiger charge is -2.34. The summed E-state index contributed by atoms with van der Waals surface area (Å²) in [6.07, 6.45) is 1.31. The number of anilines is 1. The molecule has 4 nitrogen and oxygen atoms in total. The van der Waals surface area contributed by atoms with E-state index in [1.54, 1.807) is 18.2 Å². The van der Waals surface area contributed by atoms with Gasteiger partial charge in [-0.25, -0.2) is 0 Å². The lowest BCUT2D eigenvalue weighted by Crippen LogP contribution is -2.46. The van der Waals surface area contributed by atoms with E-state index in [-0.39, 0.29) is 5.91 Å². The fourth-order valence-corrected chi connectivity index (χ4v) is 2.62. The zero-order chi connectivity index (χ0) is 13.9. The third kappa shape index (κ3) is 3.28. The van der Waals surface area contributed by atoms with Crippen molar-refractivity contribution < 1.29 is 9.53 Å². The Morgan fingerprint density at radius 1 is 1.47 bits per heavy atom. The minimum atomic E-state index is -0.523. The van der Waals surface area contributed by atoms with Crippen LogP contribution < -0.4 is 11.1 Å². The highest BCUT2D eigenvalue weighted by Crippen LogP contribution is 2.32. The molecule has 0 atom stereocenters. The fourth-order valence-electron chi connectivity index (χ4n) is 2.12. The maximum absolute atomic E-state index is 12.4. The van der Waals surface area contributed by atoms with Crippen LogP contribution in [0.25, 0.3) is 0 Å². The molecule has 19 heavy (non-hydrogen) atoms. The van der Waals surface area contributed by atoms with Crippen molar-refractivity contribution in [3.8, 4) is 0 Å². The third-order valence-electron chi connectivity index (χ3n) is 3.50. The molecule has 0 radical (unpaired) electrons. The second-order valence-electron chi connectivity index (χ2n) is 4.68. The first kappa shape index (κ1) is 14.8. The summed E-state index contributed by atoms with van der Waals surface area (Å²) in [5.74, 6) is -0.0486. The van der Waals surface area contributed by atoms with Gasteiger partial charge in [-0.15, -0.1) is 0 Å². The standard InChI is InChI=1S/C13H16BrClN2O2/c14-10-7-9(1-2-11(10)15)17-12(18)13(8-16)3-5-19-6-4-13/h1-2,7H,3-6,8,16H2,(H,17,18). The summed E-state index contributed by atoms with van der Waals surface area (Å²) in [5, 5.41) is 3.52. The largest absolute Gasteiger partial charge is 0.381 e. The summed E-state index contributed by atoms with van der Waals surface area (Å²) in [5.41, 5.74) is 5.99. The van der Waals surface area contributed by atoms with Gasteiger partial charge in [0, 0.05) is 29.9 Å². The van der Waals surface area contributed by atoms with Crippen molar-refractivity contribution in [2.45, 2.75) is 12.8 Å². The van der Waals surface area contributed by atoms with E-state index in [2.05, 4.69) is 21.2 Å². The van der Waals surface area contributed by atoms with Gasteiger partial charge in [0.1, 0.15) is 0 Å². The molecular weight excluding hydrogens is 332 g/mol. The first-order valence-electron chi connectivity index (χ1n) is 6.12. The second-order valence-corrected chi connectivity index (χ2v) is 5.94. The molecule has 1 heterocycles. The molecular formula is C13H16BrClN2O2. The molecule has 1 aliphatic rings. The van der Waals surface area contributed by atoms with Gasteiger partial charge >= 0.3 is 0 Å². The van der Waals surface area contributed by atoms with Crippen molar-refractivity contribution in [3.63, 3.8) is 0 Å². The number of halogens is 2.